The third kappa shape index (κ3) is 3.72. The summed E-state index contributed by atoms with van der Waals surface area (Å²) in [6.07, 6.45) is 0.931. The van der Waals surface area contributed by atoms with Gasteiger partial charge in [-0.25, -0.2) is 8.42 Å². The highest BCUT2D eigenvalue weighted by atomic mass is 32.2. The van der Waals surface area contributed by atoms with E-state index in [-0.39, 0.29) is 0 Å². The van der Waals surface area contributed by atoms with Gasteiger partial charge >= 0.3 is 0 Å². The van der Waals surface area contributed by atoms with Crippen molar-refractivity contribution in [2.24, 2.45) is 0 Å². The van der Waals surface area contributed by atoms with Crippen LogP contribution in [0, 0.1) is 0 Å². The first kappa shape index (κ1) is 14.8. The Morgan fingerprint density at radius 3 is 2.95 bits per heavy atom. The molecule has 2 rings (SSSR count). The molecule has 0 aromatic heterocycles. The van der Waals surface area contributed by atoms with E-state index in [1.54, 1.807) is 16.4 Å². The minimum absolute atomic E-state index is 0.409. The molecule has 19 heavy (non-hydrogen) atoms. The van der Waals surface area contributed by atoms with E-state index in [0.29, 0.717) is 24.5 Å². The van der Waals surface area contributed by atoms with Crippen LogP contribution >= 0.6 is 11.8 Å². The molecule has 1 aromatic rings. The van der Waals surface area contributed by atoms with Crippen LogP contribution < -0.4 is 5.32 Å². The highest BCUT2D eigenvalue weighted by molar-refractivity contribution is 7.99. The van der Waals surface area contributed by atoms with Gasteiger partial charge < -0.3 is 5.32 Å². The molecule has 0 bridgehead atoms. The normalized spacial score (nSPS) is 18.2. The lowest BCUT2D eigenvalue weighted by molar-refractivity contribution is 0.435. The van der Waals surface area contributed by atoms with Gasteiger partial charge in [-0.1, -0.05) is 12.1 Å². The lowest BCUT2D eigenvalue weighted by atomic mass is 10.2. The fourth-order valence-corrected chi connectivity index (χ4v) is 4.69. The van der Waals surface area contributed by atoms with Gasteiger partial charge in [0.15, 0.2) is 0 Å². The van der Waals surface area contributed by atoms with E-state index in [1.807, 2.05) is 30.9 Å². The fraction of sp³-hybridized carbons (Fsp3) is 0.538. The average Bonchev–Trinajstić information content (AvgIpc) is 2.69. The van der Waals surface area contributed by atoms with Crippen LogP contribution in [0.3, 0.4) is 0 Å². The average molecular weight is 300 g/mol. The van der Waals surface area contributed by atoms with Crippen molar-refractivity contribution in [2.75, 3.05) is 31.6 Å². The molecule has 106 valence electrons. The molecule has 0 saturated carbocycles. The number of nitrogens with zero attached hydrogens (tertiary/aromatic N) is 1. The highest BCUT2D eigenvalue weighted by Crippen LogP contribution is 2.20. The number of benzene rings is 1. The van der Waals surface area contributed by atoms with Gasteiger partial charge in [-0.2, -0.15) is 16.1 Å². The van der Waals surface area contributed by atoms with Gasteiger partial charge in [0.05, 0.1) is 4.90 Å². The van der Waals surface area contributed by atoms with E-state index in [0.717, 1.165) is 23.5 Å². The predicted molar refractivity (Wildman–Crippen MR) is 79.9 cm³/mol. The first-order valence-corrected chi connectivity index (χ1v) is 9.05. The van der Waals surface area contributed by atoms with Gasteiger partial charge in [0.2, 0.25) is 10.0 Å². The zero-order chi connectivity index (χ0) is 13.7. The van der Waals surface area contributed by atoms with Crippen molar-refractivity contribution in [1.82, 2.24) is 9.62 Å². The molecule has 0 amide bonds. The molecule has 1 N–H and O–H groups in total. The van der Waals surface area contributed by atoms with E-state index in [9.17, 15) is 8.42 Å². The Labute approximate surface area is 119 Å². The van der Waals surface area contributed by atoms with Crippen molar-refractivity contribution >= 4 is 21.8 Å². The number of nitrogens with one attached hydrogen (secondary N) is 1. The van der Waals surface area contributed by atoms with Gasteiger partial charge in [0.25, 0.3) is 0 Å². The van der Waals surface area contributed by atoms with E-state index < -0.39 is 10.0 Å². The standard InChI is InChI=1S/C13H20N2O2S2/c1-14-11-12-4-2-5-13(10-12)19(16,17)15-6-3-8-18-9-7-15/h2,4-5,10,14H,3,6-9,11H2,1H3. The summed E-state index contributed by atoms with van der Waals surface area (Å²) in [4.78, 5) is 0.409. The van der Waals surface area contributed by atoms with E-state index >= 15 is 0 Å². The summed E-state index contributed by atoms with van der Waals surface area (Å²) < 4.78 is 26.8. The number of rotatable bonds is 4. The molecule has 6 heteroatoms. The molecule has 0 spiro atoms. The Bertz CT molecular complexity index is 509. The maximum absolute atomic E-state index is 12.6. The van der Waals surface area contributed by atoms with Crippen LogP contribution in [-0.4, -0.2) is 44.4 Å². The predicted octanol–water partition coefficient (Wildman–Crippen LogP) is 1.53. The molecule has 1 saturated heterocycles. The maximum Gasteiger partial charge on any atom is 0.243 e. The summed E-state index contributed by atoms with van der Waals surface area (Å²) in [7, 11) is -1.48. The fourth-order valence-electron chi connectivity index (χ4n) is 2.13. The summed E-state index contributed by atoms with van der Waals surface area (Å²) in [5.41, 5.74) is 0.993. The number of sulfonamides is 1. The molecular weight excluding hydrogens is 280 g/mol. The van der Waals surface area contributed by atoms with Crippen molar-refractivity contribution in [1.29, 1.82) is 0 Å². The quantitative estimate of drug-likeness (QED) is 0.916. The summed E-state index contributed by atoms with van der Waals surface area (Å²) in [6, 6.07) is 7.20. The molecule has 1 aromatic carbocycles. The third-order valence-corrected chi connectivity index (χ3v) is 6.04. The second-order valence-electron chi connectivity index (χ2n) is 4.55. The first-order chi connectivity index (χ1) is 9.14. The minimum atomic E-state index is -3.33. The molecule has 1 fully saturated rings. The van der Waals surface area contributed by atoms with Gasteiger partial charge in [-0.05, 0) is 36.9 Å². The molecule has 1 aliphatic heterocycles. The zero-order valence-electron chi connectivity index (χ0n) is 11.1. The molecule has 1 aliphatic rings. The molecule has 0 unspecified atom stereocenters. The summed E-state index contributed by atoms with van der Waals surface area (Å²) in [5.74, 6) is 1.93. The second kappa shape index (κ2) is 6.74. The topological polar surface area (TPSA) is 49.4 Å². The molecular formula is C13H20N2O2S2. The monoisotopic (exact) mass is 300 g/mol. The summed E-state index contributed by atoms with van der Waals surface area (Å²) >= 11 is 1.83. The van der Waals surface area contributed by atoms with Gasteiger partial charge in [-0.15, -0.1) is 0 Å². The smallest absolute Gasteiger partial charge is 0.243 e. The summed E-state index contributed by atoms with van der Waals surface area (Å²) in [6.45, 7) is 1.92. The van der Waals surface area contributed by atoms with Gasteiger partial charge in [-0.3, -0.25) is 0 Å². The second-order valence-corrected chi connectivity index (χ2v) is 7.71. The van der Waals surface area contributed by atoms with Crippen LogP contribution in [0.25, 0.3) is 0 Å². The lowest BCUT2D eigenvalue weighted by Gasteiger charge is -2.20. The lowest BCUT2D eigenvalue weighted by Crippen LogP contribution is -2.33. The van der Waals surface area contributed by atoms with E-state index in [2.05, 4.69) is 5.32 Å². The van der Waals surface area contributed by atoms with Crippen molar-refractivity contribution in [3.8, 4) is 0 Å². The molecule has 0 radical (unpaired) electrons. The first-order valence-electron chi connectivity index (χ1n) is 6.46. The summed E-state index contributed by atoms with van der Waals surface area (Å²) in [5, 5.41) is 3.04. The van der Waals surface area contributed by atoms with Crippen LogP contribution in [0.1, 0.15) is 12.0 Å². The zero-order valence-corrected chi connectivity index (χ0v) is 12.8. The highest BCUT2D eigenvalue weighted by Gasteiger charge is 2.25. The largest absolute Gasteiger partial charge is 0.316 e. The number of thioether (sulfide) groups is 1. The van der Waals surface area contributed by atoms with Crippen molar-refractivity contribution < 1.29 is 8.42 Å². The van der Waals surface area contributed by atoms with Crippen LogP contribution in [0.5, 0.6) is 0 Å². The van der Waals surface area contributed by atoms with Crippen LogP contribution in [0.15, 0.2) is 29.2 Å². The van der Waals surface area contributed by atoms with Gasteiger partial charge in [0.1, 0.15) is 0 Å². The van der Waals surface area contributed by atoms with E-state index in [4.69, 9.17) is 0 Å². The SMILES string of the molecule is CNCc1cccc(S(=O)(=O)N2CCCSCC2)c1. The Morgan fingerprint density at radius 2 is 2.16 bits per heavy atom. The minimum Gasteiger partial charge on any atom is -0.316 e. The van der Waals surface area contributed by atoms with Crippen molar-refractivity contribution in [3.63, 3.8) is 0 Å². The Balaban J connectivity index is 2.24. The van der Waals surface area contributed by atoms with E-state index in [1.165, 1.54) is 0 Å². The van der Waals surface area contributed by atoms with Gasteiger partial charge in [0, 0.05) is 25.4 Å². The molecule has 4 nitrogen and oxygen atoms in total. The molecule has 1 heterocycles. The van der Waals surface area contributed by atoms with Crippen molar-refractivity contribution in [3.05, 3.63) is 29.8 Å². The van der Waals surface area contributed by atoms with Crippen molar-refractivity contribution in [2.45, 2.75) is 17.9 Å². The maximum atomic E-state index is 12.6. The van der Waals surface area contributed by atoms with Crippen LogP contribution in [0.2, 0.25) is 0 Å². The molecule has 0 atom stereocenters. The Kier molecular flexibility index (Phi) is 5.27. The Hall–Kier alpha value is -0.560. The molecule has 0 aliphatic carbocycles. The number of hydrogen-bond donors (Lipinski definition) is 1. The number of hydrogen-bond acceptors (Lipinski definition) is 4. The third-order valence-electron chi connectivity index (χ3n) is 3.10. The van der Waals surface area contributed by atoms with Crippen LogP contribution in [0.4, 0.5) is 0 Å². The Morgan fingerprint density at radius 1 is 1.32 bits per heavy atom. The van der Waals surface area contributed by atoms with Crippen LogP contribution in [-0.2, 0) is 16.6 Å².